The second-order valence-corrected chi connectivity index (χ2v) is 8.87. The summed E-state index contributed by atoms with van der Waals surface area (Å²) in [6.45, 7) is 10.4. The Hall–Kier alpha value is -0.370. The van der Waals surface area contributed by atoms with E-state index in [1.54, 1.807) is 0 Å². The Labute approximate surface area is 125 Å². The van der Waals surface area contributed by atoms with Gasteiger partial charge in [0.2, 0.25) is 0 Å². The Balaban J connectivity index is 1.87. The summed E-state index contributed by atoms with van der Waals surface area (Å²) in [6.07, 6.45) is 8.20. The molecule has 0 aromatic rings. The molecule has 0 aliphatic heterocycles. The highest BCUT2D eigenvalue weighted by atomic mass is 16.1. The van der Waals surface area contributed by atoms with Crippen LogP contribution in [0.25, 0.3) is 0 Å². The molecule has 0 heterocycles. The van der Waals surface area contributed by atoms with Crippen LogP contribution in [0.4, 0.5) is 0 Å². The molecule has 0 N–H and O–H groups in total. The van der Waals surface area contributed by atoms with Crippen molar-refractivity contribution in [3.8, 4) is 0 Å². The molecule has 0 radical (unpaired) electrons. The van der Waals surface area contributed by atoms with Crippen LogP contribution in [0.5, 0.6) is 0 Å². The summed E-state index contributed by atoms with van der Waals surface area (Å²) in [5.74, 6) is 0.783. The first kappa shape index (κ1) is 16.0. The van der Waals surface area contributed by atoms with Gasteiger partial charge in [-0.2, -0.15) is 0 Å². The third-order valence-corrected chi connectivity index (χ3v) is 5.74. The summed E-state index contributed by atoms with van der Waals surface area (Å²) >= 11 is 0. The Morgan fingerprint density at radius 1 is 1.05 bits per heavy atom. The summed E-state index contributed by atoms with van der Waals surface area (Å²) in [6, 6.07) is 0.695. The molecule has 20 heavy (non-hydrogen) atoms. The summed E-state index contributed by atoms with van der Waals surface area (Å²) in [4.78, 5) is 14.7. The first-order chi connectivity index (χ1) is 9.19. The van der Waals surface area contributed by atoms with E-state index in [1.165, 1.54) is 25.7 Å². The van der Waals surface area contributed by atoms with Crippen LogP contribution in [0.1, 0.15) is 72.6 Å². The average Bonchev–Trinajstić information content (AvgIpc) is 2.33. The zero-order valence-corrected chi connectivity index (χ0v) is 14.2. The molecule has 2 saturated carbocycles. The minimum Gasteiger partial charge on any atom is -0.303 e. The lowest BCUT2D eigenvalue weighted by molar-refractivity contribution is -0.128. The molecule has 0 aromatic heterocycles. The monoisotopic (exact) mass is 279 g/mol. The minimum absolute atomic E-state index is 0.277. The number of hydrogen-bond acceptors (Lipinski definition) is 2. The molecule has 1 atom stereocenters. The summed E-state index contributed by atoms with van der Waals surface area (Å²) in [7, 11) is 2.23. The SMILES string of the molecule is CN(CC1CC(C)(C)CCC1=O)C1CCC(C)(C)CC1. The van der Waals surface area contributed by atoms with Crippen molar-refractivity contribution in [3.05, 3.63) is 0 Å². The van der Waals surface area contributed by atoms with E-state index >= 15 is 0 Å². The first-order valence-corrected chi connectivity index (χ1v) is 8.42. The van der Waals surface area contributed by atoms with Gasteiger partial charge >= 0.3 is 0 Å². The lowest BCUT2D eigenvalue weighted by atomic mass is 9.71. The number of carbonyl (C=O) groups is 1. The molecule has 0 bridgehead atoms. The van der Waals surface area contributed by atoms with Gasteiger partial charge in [-0.25, -0.2) is 0 Å². The zero-order valence-electron chi connectivity index (χ0n) is 14.2. The highest BCUT2D eigenvalue weighted by molar-refractivity contribution is 5.82. The van der Waals surface area contributed by atoms with Crippen molar-refractivity contribution in [2.24, 2.45) is 16.7 Å². The van der Waals surface area contributed by atoms with Crippen molar-refractivity contribution < 1.29 is 4.79 Å². The van der Waals surface area contributed by atoms with Crippen LogP contribution in [-0.2, 0) is 4.79 Å². The molecular formula is C18H33NO. The van der Waals surface area contributed by atoms with Crippen molar-refractivity contribution in [3.63, 3.8) is 0 Å². The van der Waals surface area contributed by atoms with Crippen LogP contribution in [-0.4, -0.2) is 30.3 Å². The van der Waals surface area contributed by atoms with Gasteiger partial charge in [-0.15, -0.1) is 0 Å². The normalized spacial score (nSPS) is 30.7. The van der Waals surface area contributed by atoms with Crippen LogP contribution in [0.15, 0.2) is 0 Å². The third-order valence-electron chi connectivity index (χ3n) is 5.74. The molecule has 2 fully saturated rings. The van der Waals surface area contributed by atoms with E-state index in [9.17, 15) is 4.79 Å². The lowest BCUT2D eigenvalue weighted by Gasteiger charge is -2.41. The van der Waals surface area contributed by atoms with Crippen molar-refractivity contribution in [2.45, 2.75) is 78.7 Å². The van der Waals surface area contributed by atoms with Crippen molar-refractivity contribution >= 4 is 5.78 Å². The van der Waals surface area contributed by atoms with E-state index in [1.807, 2.05) is 0 Å². The van der Waals surface area contributed by atoms with Crippen LogP contribution >= 0.6 is 0 Å². The number of nitrogens with zero attached hydrogens (tertiary/aromatic N) is 1. The summed E-state index contributed by atoms with van der Waals surface area (Å²) in [5.41, 5.74) is 0.883. The molecule has 2 nitrogen and oxygen atoms in total. The molecule has 0 saturated heterocycles. The Morgan fingerprint density at radius 2 is 1.65 bits per heavy atom. The molecule has 2 rings (SSSR count). The molecular weight excluding hydrogens is 246 g/mol. The van der Waals surface area contributed by atoms with E-state index in [4.69, 9.17) is 0 Å². The van der Waals surface area contributed by atoms with Gasteiger partial charge in [-0.05, 0) is 56.4 Å². The molecule has 0 amide bonds. The van der Waals surface area contributed by atoms with Gasteiger partial charge in [0.25, 0.3) is 0 Å². The van der Waals surface area contributed by atoms with Crippen LogP contribution in [0.3, 0.4) is 0 Å². The van der Waals surface area contributed by atoms with Crippen molar-refractivity contribution in [1.82, 2.24) is 4.90 Å². The van der Waals surface area contributed by atoms with Crippen LogP contribution in [0, 0.1) is 16.7 Å². The van der Waals surface area contributed by atoms with Gasteiger partial charge in [-0.3, -0.25) is 4.79 Å². The summed E-state index contributed by atoms with van der Waals surface area (Å²) < 4.78 is 0. The third kappa shape index (κ3) is 4.07. The number of hydrogen-bond donors (Lipinski definition) is 0. The quantitative estimate of drug-likeness (QED) is 0.768. The van der Waals surface area contributed by atoms with Gasteiger partial charge in [-0.1, -0.05) is 27.7 Å². The van der Waals surface area contributed by atoms with E-state index in [0.717, 1.165) is 25.8 Å². The molecule has 116 valence electrons. The molecule has 0 spiro atoms. The second-order valence-electron chi connectivity index (χ2n) is 8.87. The highest BCUT2D eigenvalue weighted by Crippen LogP contribution is 2.39. The molecule has 1 unspecified atom stereocenters. The average molecular weight is 279 g/mol. The standard InChI is InChI=1S/C18H33NO/c1-17(2)9-6-15(7-10-17)19(5)13-14-12-18(3,4)11-8-16(14)20/h14-15H,6-13H2,1-5H3. The fourth-order valence-corrected chi connectivity index (χ4v) is 4.04. The van der Waals surface area contributed by atoms with Gasteiger partial charge in [0, 0.05) is 24.9 Å². The maximum Gasteiger partial charge on any atom is 0.137 e. The van der Waals surface area contributed by atoms with E-state index in [2.05, 4.69) is 39.6 Å². The molecule has 2 heteroatoms. The largest absolute Gasteiger partial charge is 0.303 e. The van der Waals surface area contributed by atoms with E-state index in [0.29, 0.717) is 22.7 Å². The van der Waals surface area contributed by atoms with Crippen molar-refractivity contribution in [1.29, 1.82) is 0 Å². The van der Waals surface area contributed by atoms with E-state index < -0.39 is 0 Å². The predicted molar refractivity (Wildman–Crippen MR) is 84.8 cm³/mol. The number of carbonyl (C=O) groups excluding carboxylic acids is 1. The number of Topliss-reactive ketones (excluding diaryl/α,β-unsaturated/α-hetero) is 1. The molecule has 2 aliphatic carbocycles. The van der Waals surface area contributed by atoms with E-state index in [-0.39, 0.29) is 5.92 Å². The Kier molecular flexibility index (Phi) is 4.63. The lowest BCUT2D eigenvalue weighted by Crippen LogP contribution is -2.43. The van der Waals surface area contributed by atoms with Crippen LogP contribution in [0.2, 0.25) is 0 Å². The van der Waals surface area contributed by atoms with Gasteiger partial charge in [0.15, 0.2) is 0 Å². The van der Waals surface area contributed by atoms with Crippen LogP contribution < -0.4 is 0 Å². The molecule has 0 aromatic carbocycles. The second kappa shape index (κ2) is 5.79. The predicted octanol–water partition coefficient (Wildman–Crippen LogP) is 4.28. The van der Waals surface area contributed by atoms with Gasteiger partial charge in [0.05, 0.1) is 0 Å². The van der Waals surface area contributed by atoms with Crippen molar-refractivity contribution in [2.75, 3.05) is 13.6 Å². The fraction of sp³-hybridized carbons (Fsp3) is 0.944. The Morgan fingerprint density at radius 3 is 2.25 bits per heavy atom. The first-order valence-electron chi connectivity index (χ1n) is 8.42. The van der Waals surface area contributed by atoms with Gasteiger partial charge < -0.3 is 4.90 Å². The van der Waals surface area contributed by atoms with Gasteiger partial charge in [0.1, 0.15) is 5.78 Å². The highest BCUT2D eigenvalue weighted by Gasteiger charge is 2.36. The zero-order chi connectivity index (χ0) is 15.0. The topological polar surface area (TPSA) is 20.3 Å². The smallest absolute Gasteiger partial charge is 0.137 e. The number of rotatable bonds is 3. The Bertz CT molecular complexity index is 348. The summed E-state index contributed by atoms with van der Waals surface area (Å²) in [5, 5.41) is 0. The maximum atomic E-state index is 12.2. The fourth-order valence-electron chi connectivity index (χ4n) is 4.04. The minimum atomic E-state index is 0.277. The molecule has 2 aliphatic rings. The number of ketones is 1. The maximum absolute atomic E-state index is 12.2.